The molecule has 0 amide bonds. The van der Waals surface area contributed by atoms with E-state index in [0.29, 0.717) is 5.92 Å². The van der Waals surface area contributed by atoms with E-state index in [1.807, 2.05) is 18.2 Å². The first-order valence-corrected chi connectivity index (χ1v) is 5.56. The van der Waals surface area contributed by atoms with E-state index in [-0.39, 0.29) is 6.04 Å². The fourth-order valence-electron chi connectivity index (χ4n) is 2.10. The van der Waals surface area contributed by atoms with Crippen LogP contribution in [0.1, 0.15) is 24.5 Å². The zero-order chi connectivity index (χ0) is 10.4. The molecule has 3 rings (SSSR count). The maximum Gasteiger partial charge on any atom is 0.134 e. The molecule has 2 N–H and O–H groups in total. The van der Waals surface area contributed by atoms with Crippen LogP contribution in [0.4, 0.5) is 0 Å². The zero-order valence-corrected chi connectivity index (χ0v) is 9.00. The van der Waals surface area contributed by atoms with Gasteiger partial charge in [-0.15, -0.1) is 0 Å². The van der Waals surface area contributed by atoms with Crippen molar-refractivity contribution in [2.24, 2.45) is 5.73 Å². The van der Waals surface area contributed by atoms with Gasteiger partial charge in [0.1, 0.15) is 11.3 Å². The van der Waals surface area contributed by atoms with Gasteiger partial charge in [0.15, 0.2) is 0 Å². The van der Waals surface area contributed by atoms with E-state index in [0.717, 1.165) is 34.6 Å². The number of hydrogen-bond donors (Lipinski definition) is 1. The molecule has 1 saturated carbocycles. The molecule has 3 heteroatoms. The van der Waals surface area contributed by atoms with Crippen LogP contribution in [0.3, 0.4) is 0 Å². The van der Waals surface area contributed by atoms with Gasteiger partial charge in [0.25, 0.3) is 0 Å². The second-order valence-electron chi connectivity index (χ2n) is 4.18. The monoisotopic (exact) mass is 221 g/mol. The quantitative estimate of drug-likeness (QED) is 0.803. The largest absolute Gasteiger partial charge is 0.461 e. The van der Waals surface area contributed by atoms with Crippen LogP contribution >= 0.6 is 11.6 Å². The highest BCUT2D eigenvalue weighted by molar-refractivity contribution is 6.31. The van der Waals surface area contributed by atoms with Crippen molar-refractivity contribution in [2.45, 2.75) is 24.8 Å². The Kier molecular flexibility index (Phi) is 2.01. The van der Waals surface area contributed by atoms with Crippen molar-refractivity contribution in [1.29, 1.82) is 0 Å². The normalized spacial score (nSPS) is 25.5. The third-order valence-electron chi connectivity index (χ3n) is 3.19. The van der Waals surface area contributed by atoms with E-state index in [1.54, 1.807) is 0 Å². The predicted octanol–water partition coefficient (Wildman–Crippen LogP) is 3.29. The van der Waals surface area contributed by atoms with Crippen molar-refractivity contribution in [1.82, 2.24) is 0 Å². The van der Waals surface area contributed by atoms with Gasteiger partial charge in [-0.1, -0.05) is 11.6 Å². The summed E-state index contributed by atoms with van der Waals surface area (Å²) < 4.78 is 5.76. The molecule has 15 heavy (non-hydrogen) atoms. The fourth-order valence-corrected chi connectivity index (χ4v) is 2.28. The van der Waals surface area contributed by atoms with E-state index in [2.05, 4.69) is 6.07 Å². The molecule has 1 aliphatic rings. The highest BCUT2D eigenvalue weighted by atomic mass is 35.5. The highest BCUT2D eigenvalue weighted by Gasteiger charge is 2.31. The van der Waals surface area contributed by atoms with Gasteiger partial charge in [-0.3, -0.25) is 0 Å². The summed E-state index contributed by atoms with van der Waals surface area (Å²) in [6.07, 6.45) is 2.23. The van der Waals surface area contributed by atoms with Crippen LogP contribution in [-0.2, 0) is 0 Å². The molecule has 1 aromatic heterocycles. The third kappa shape index (κ3) is 1.45. The molecular weight excluding hydrogens is 210 g/mol. The Hall–Kier alpha value is -0.990. The molecule has 1 fully saturated rings. The summed E-state index contributed by atoms with van der Waals surface area (Å²) in [6.45, 7) is 0. The Morgan fingerprint density at radius 3 is 2.80 bits per heavy atom. The van der Waals surface area contributed by atoms with Crippen LogP contribution in [0.15, 0.2) is 28.7 Å². The minimum absolute atomic E-state index is 0.265. The Morgan fingerprint density at radius 2 is 2.13 bits per heavy atom. The van der Waals surface area contributed by atoms with Gasteiger partial charge in [0.05, 0.1) is 0 Å². The third-order valence-corrected chi connectivity index (χ3v) is 3.43. The van der Waals surface area contributed by atoms with Crippen LogP contribution in [0.25, 0.3) is 11.0 Å². The lowest BCUT2D eigenvalue weighted by Gasteiger charge is -2.31. The molecule has 2 nitrogen and oxygen atoms in total. The smallest absolute Gasteiger partial charge is 0.134 e. The van der Waals surface area contributed by atoms with Gasteiger partial charge in [-0.2, -0.15) is 0 Å². The lowest BCUT2D eigenvalue weighted by Crippen LogP contribution is -2.37. The summed E-state index contributed by atoms with van der Waals surface area (Å²) in [5, 5.41) is 1.81. The molecule has 2 aromatic rings. The van der Waals surface area contributed by atoms with Gasteiger partial charge in [-0.05, 0) is 37.1 Å². The minimum atomic E-state index is 0.265. The van der Waals surface area contributed by atoms with Crippen LogP contribution in [0.2, 0.25) is 5.02 Å². The van der Waals surface area contributed by atoms with Crippen LogP contribution in [0.5, 0.6) is 0 Å². The maximum atomic E-state index is 5.92. The van der Waals surface area contributed by atoms with Crippen LogP contribution in [-0.4, -0.2) is 6.04 Å². The average Bonchev–Trinajstić information content (AvgIpc) is 2.57. The highest BCUT2D eigenvalue weighted by Crippen LogP contribution is 2.38. The van der Waals surface area contributed by atoms with Crippen molar-refractivity contribution in [3.63, 3.8) is 0 Å². The Balaban J connectivity index is 2.06. The van der Waals surface area contributed by atoms with Crippen molar-refractivity contribution in [3.8, 4) is 0 Å². The molecule has 1 aromatic carbocycles. The lowest BCUT2D eigenvalue weighted by molar-refractivity contribution is 0.303. The number of halogens is 1. The number of rotatable bonds is 1. The molecule has 1 heterocycles. The number of hydrogen-bond acceptors (Lipinski definition) is 2. The minimum Gasteiger partial charge on any atom is -0.461 e. The lowest BCUT2D eigenvalue weighted by atomic mass is 9.78. The van der Waals surface area contributed by atoms with Crippen LogP contribution < -0.4 is 5.73 Å². The first-order valence-electron chi connectivity index (χ1n) is 5.18. The van der Waals surface area contributed by atoms with E-state index >= 15 is 0 Å². The van der Waals surface area contributed by atoms with Gasteiger partial charge in [0.2, 0.25) is 0 Å². The fraction of sp³-hybridized carbons (Fsp3) is 0.333. The summed E-state index contributed by atoms with van der Waals surface area (Å²) in [7, 11) is 0. The molecule has 78 valence electrons. The van der Waals surface area contributed by atoms with E-state index in [9.17, 15) is 0 Å². The molecule has 0 bridgehead atoms. The Morgan fingerprint density at radius 1 is 1.27 bits per heavy atom. The summed E-state index contributed by atoms with van der Waals surface area (Å²) in [5.74, 6) is 1.40. The van der Waals surface area contributed by atoms with Crippen molar-refractivity contribution in [2.75, 3.05) is 0 Å². The number of fused-ring (bicyclic) bond motifs is 1. The van der Waals surface area contributed by atoms with Crippen molar-refractivity contribution < 1.29 is 4.42 Å². The topological polar surface area (TPSA) is 39.2 Å². The standard InChI is InChI=1S/C12H12ClNO/c13-8-1-4-11-7(5-8)6-12(15-11)9-2-3-10(9)14/h1,4-6,9-10H,2-3,14H2. The number of furan rings is 1. The zero-order valence-electron chi connectivity index (χ0n) is 8.24. The predicted molar refractivity (Wildman–Crippen MR) is 61.2 cm³/mol. The molecule has 2 unspecified atom stereocenters. The van der Waals surface area contributed by atoms with Crippen molar-refractivity contribution >= 4 is 22.6 Å². The first kappa shape index (κ1) is 9.25. The van der Waals surface area contributed by atoms with Gasteiger partial charge in [-0.25, -0.2) is 0 Å². The first-order chi connectivity index (χ1) is 7.24. The molecule has 1 aliphatic carbocycles. The maximum absolute atomic E-state index is 5.92. The average molecular weight is 222 g/mol. The molecule has 2 atom stereocenters. The second-order valence-corrected chi connectivity index (χ2v) is 4.62. The molecule has 0 saturated heterocycles. The molecule has 0 radical (unpaired) electrons. The molecule has 0 aliphatic heterocycles. The summed E-state index contributed by atoms with van der Waals surface area (Å²) in [6, 6.07) is 8.00. The SMILES string of the molecule is NC1CCC1c1cc2cc(Cl)ccc2o1. The van der Waals surface area contributed by atoms with E-state index in [4.69, 9.17) is 21.8 Å². The Bertz CT molecular complexity index is 505. The van der Waals surface area contributed by atoms with E-state index < -0.39 is 0 Å². The summed E-state index contributed by atoms with van der Waals surface area (Å²) >= 11 is 5.92. The molecule has 0 spiro atoms. The van der Waals surface area contributed by atoms with Gasteiger partial charge < -0.3 is 10.2 Å². The summed E-state index contributed by atoms with van der Waals surface area (Å²) in [4.78, 5) is 0. The van der Waals surface area contributed by atoms with Crippen LogP contribution in [0, 0.1) is 0 Å². The van der Waals surface area contributed by atoms with Gasteiger partial charge >= 0.3 is 0 Å². The second kappa shape index (κ2) is 3.26. The van der Waals surface area contributed by atoms with E-state index in [1.165, 1.54) is 0 Å². The van der Waals surface area contributed by atoms with Crippen molar-refractivity contribution in [3.05, 3.63) is 35.0 Å². The number of benzene rings is 1. The Labute approximate surface area is 93.0 Å². The molecular formula is C12H12ClNO. The van der Waals surface area contributed by atoms with Gasteiger partial charge in [0, 0.05) is 22.4 Å². The summed E-state index contributed by atoms with van der Waals surface area (Å²) in [5.41, 5.74) is 6.82. The number of nitrogens with two attached hydrogens (primary N) is 1.